The Hall–Kier alpha value is -0.930. The van der Waals surface area contributed by atoms with Crippen molar-refractivity contribution in [3.63, 3.8) is 0 Å². The molecule has 2 nitrogen and oxygen atoms in total. The smallest absolute Gasteiger partial charge is 0.129 e. The summed E-state index contributed by atoms with van der Waals surface area (Å²) in [6.07, 6.45) is -0.404. The standard InChI is InChI=1S/C13H19FO2/c1-4-13(16,5-2)12(15)10-8-9(3)6-7-11(10)14/h6-8,12,15-16H,4-5H2,1-3H3. The third-order valence-electron chi connectivity index (χ3n) is 3.18. The van der Waals surface area contributed by atoms with Gasteiger partial charge in [0.05, 0.1) is 5.60 Å². The predicted octanol–water partition coefficient (Wildman–Crippen LogP) is 2.72. The van der Waals surface area contributed by atoms with Crippen LogP contribution in [0, 0.1) is 12.7 Å². The number of halogens is 1. The molecule has 0 fully saturated rings. The number of aliphatic hydroxyl groups is 2. The highest BCUT2D eigenvalue weighted by Crippen LogP contribution is 2.33. The van der Waals surface area contributed by atoms with Crippen LogP contribution >= 0.6 is 0 Å². The second-order valence-electron chi connectivity index (χ2n) is 4.24. The van der Waals surface area contributed by atoms with Crippen LogP contribution in [0.5, 0.6) is 0 Å². The Balaban J connectivity index is 3.12. The van der Waals surface area contributed by atoms with Crippen LogP contribution in [0.3, 0.4) is 0 Å². The fourth-order valence-corrected chi connectivity index (χ4v) is 1.80. The zero-order valence-corrected chi connectivity index (χ0v) is 10.00. The van der Waals surface area contributed by atoms with Crippen LogP contribution in [-0.2, 0) is 0 Å². The van der Waals surface area contributed by atoms with Gasteiger partial charge in [-0.15, -0.1) is 0 Å². The zero-order valence-electron chi connectivity index (χ0n) is 10.00. The van der Waals surface area contributed by atoms with E-state index in [9.17, 15) is 14.6 Å². The minimum atomic E-state index is -1.26. The van der Waals surface area contributed by atoms with E-state index in [0.29, 0.717) is 12.8 Å². The molecule has 0 aliphatic carbocycles. The first-order valence-corrected chi connectivity index (χ1v) is 5.61. The molecule has 3 heteroatoms. The molecule has 1 aromatic carbocycles. The number of aryl methyl sites for hydroxylation is 1. The van der Waals surface area contributed by atoms with Crippen molar-refractivity contribution >= 4 is 0 Å². The lowest BCUT2D eigenvalue weighted by atomic mass is 9.86. The van der Waals surface area contributed by atoms with E-state index < -0.39 is 17.5 Å². The van der Waals surface area contributed by atoms with E-state index in [0.717, 1.165) is 5.56 Å². The van der Waals surface area contributed by atoms with Gasteiger partial charge in [-0.2, -0.15) is 0 Å². The van der Waals surface area contributed by atoms with Gasteiger partial charge in [0.2, 0.25) is 0 Å². The zero-order chi connectivity index (χ0) is 12.3. The molecule has 0 aliphatic rings. The van der Waals surface area contributed by atoms with E-state index >= 15 is 0 Å². The first kappa shape index (κ1) is 13.1. The summed E-state index contributed by atoms with van der Waals surface area (Å²) in [5, 5.41) is 20.2. The molecule has 0 saturated carbocycles. The molecule has 0 saturated heterocycles. The second-order valence-corrected chi connectivity index (χ2v) is 4.24. The molecule has 1 unspecified atom stereocenters. The minimum Gasteiger partial charge on any atom is -0.387 e. The molecule has 90 valence electrons. The Labute approximate surface area is 95.7 Å². The van der Waals surface area contributed by atoms with E-state index in [2.05, 4.69) is 0 Å². The highest BCUT2D eigenvalue weighted by molar-refractivity contribution is 5.27. The van der Waals surface area contributed by atoms with Gasteiger partial charge >= 0.3 is 0 Å². The van der Waals surface area contributed by atoms with Crippen molar-refractivity contribution < 1.29 is 14.6 Å². The van der Waals surface area contributed by atoms with Crippen LogP contribution in [0.2, 0.25) is 0 Å². The van der Waals surface area contributed by atoms with Crippen LogP contribution in [-0.4, -0.2) is 15.8 Å². The lowest BCUT2D eigenvalue weighted by Gasteiger charge is -2.31. The Morgan fingerprint density at radius 3 is 2.38 bits per heavy atom. The van der Waals surface area contributed by atoms with Gasteiger partial charge in [-0.3, -0.25) is 0 Å². The van der Waals surface area contributed by atoms with Crippen molar-refractivity contribution in [2.75, 3.05) is 0 Å². The predicted molar refractivity (Wildman–Crippen MR) is 61.6 cm³/mol. The largest absolute Gasteiger partial charge is 0.387 e. The summed E-state index contributed by atoms with van der Waals surface area (Å²) in [7, 11) is 0. The maximum atomic E-state index is 13.6. The maximum absolute atomic E-state index is 13.6. The van der Waals surface area contributed by atoms with Gasteiger partial charge in [0.1, 0.15) is 11.9 Å². The highest BCUT2D eigenvalue weighted by atomic mass is 19.1. The fourth-order valence-electron chi connectivity index (χ4n) is 1.80. The normalized spacial score (nSPS) is 13.9. The Kier molecular flexibility index (Phi) is 4.05. The summed E-state index contributed by atoms with van der Waals surface area (Å²) in [5.74, 6) is -0.474. The third kappa shape index (κ3) is 2.42. The summed E-state index contributed by atoms with van der Waals surface area (Å²) in [6, 6.07) is 4.54. The maximum Gasteiger partial charge on any atom is 0.129 e. The number of benzene rings is 1. The lowest BCUT2D eigenvalue weighted by Crippen LogP contribution is -2.35. The number of aliphatic hydroxyl groups excluding tert-OH is 1. The molecule has 0 radical (unpaired) electrons. The summed E-state index contributed by atoms with van der Waals surface area (Å²) in [4.78, 5) is 0. The molecule has 1 aromatic rings. The average molecular weight is 226 g/mol. The van der Waals surface area contributed by atoms with E-state index in [1.54, 1.807) is 26.0 Å². The van der Waals surface area contributed by atoms with Crippen LogP contribution in [0.1, 0.15) is 43.9 Å². The quantitative estimate of drug-likeness (QED) is 0.828. The molecule has 0 spiro atoms. The van der Waals surface area contributed by atoms with Crippen LogP contribution < -0.4 is 0 Å². The van der Waals surface area contributed by atoms with E-state index in [4.69, 9.17) is 0 Å². The van der Waals surface area contributed by atoms with Crippen molar-refractivity contribution in [1.82, 2.24) is 0 Å². The van der Waals surface area contributed by atoms with Crippen molar-refractivity contribution in [3.8, 4) is 0 Å². The second kappa shape index (κ2) is 4.93. The molecule has 0 aromatic heterocycles. The van der Waals surface area contributed by atoms with E-state index in [1.165, 1.54) is 6.07 Å². The van der Waals surface area contributed by atoms with Crippen molar-refractivity contribution in [3.05, 3.63) is 35.1 Å². The Bertz CT molecular complexity index is 359. The van der Waals surface area contributed by atoms with Gasteiger partial charge < -0.3 is 10.2 Å². The SMILES string of the molecule is CCC(O)(CC)C(O)c1cc(C)ccc1F. The lowest BCUT2D eigenvalue weighted by molar-refractivity contribution is -0.0834. The topological polar surface area (TPSA) is 40.5 Å². The molecule has 0 heterocycles. The summed E-state index contributed by atoms with van der Waals surface area (Å²) in [5.41, 5.74) is -0.217. The molecule has 0 bridgehead atoms. The number of rotatable bonds is 4. The molecule has 2 N–H and O–H groups in total. The molecule has 0 aliphatic heterocycles. The third-order valence-corrected chi connectivity index (χ3v) is 3.18. The minimum absolute atomic E-state index is 0.172. The summed E-state index contributed by atoms with van der Waals surface area (Å²) >= 11 is 0. The first-order chi connectivity index (χ1) is 7.44. The fraction of sp³-hybridized carbons (Fsp3) is 0.538. The van der Waals surface area contributed by atoms with Crippen molar-refractivity contribution in [2.45, 2.75) is 45.3 Å². The Morgan fingerprint density at radius 1 is 1.31 bits per heavy atom. The molecule has 1 rings (SSSR count). The highest BCUT2D eigenvalue weighted by Gasteiger charge is 2.34. The van der Waals surface area contributed by atoms with Crippen LogP contribution in [0.15, 0.2) is 18.2 Å². The molecular weight excluding hydrogens is 207 g/mol. The van der Waals surface area contributed by atoms with Crippen LogP contribution in [0.25, 0.3) is 0 Å². The molecule has 1 atom stereocenters. The van der Waals surface area contributed by atoms with E-state index in [1.807, 2.05) is 6.92 Å². The monoisotopic (exact) mass is 226 g/mol. The van der Waals surface area contributed by atoms with Gasteiger partial charge in [-0.1, -0.05) is 31.5 Å². The van der Waals surface area contributed by atoms with Gasteiger partial charge in [-0.05, 0) is 25.8 Å². The van der Waals surface area contributed by atoms with Crippen LogP contribution in [0.4, 0.5) is 4.39 Å². The van der Waals surface area contributed by atoms with Crippen molar-refractivity contribution in [2.24, 2.45) is 0 Å². The van der Waals surface area contributed by atoms with Crippen molar-refractivity contribution in [1.29, 1.82) is 0 Å². The number of hydrogen-bond donors (Lipinski definition) is 2. The van der Waals surface area contributed by atoms with Gasteiger partial charge in [0, 0.05) is 5.56 Å². The molecule has 16 heavy (non-hydrogen) atoms. The first-order valence-electron chi connectivity index (χ1n) is 5.61. The summed E-state index contributed by atoms with van der Waals surface area (Å²) < 4.78 is 13.6. The van der Waals surface area contributed by atoms with E-state index in [-0.39, 0.29) is 5.56 Å². The van der Waals surface area contributed by atoms with Gasteiger partial charge in [0.25, 0.3) is 0 Å². The Morgan fingerprint density at radius 2 is 1.88 bits per heavy atom. The average Bonchev–Trinajstić information content (AvgIpc) is 2.30. The number of hydrogen-bond acceptors (Lipinski definition) is 2. The van der Waals surface area contributed by atoms with Gasteiger partial charge in [-0.25, -0.2) is 4.39 Å². The van der Waals surface area contributed by atoms with Gasteiger partial charge in [0.15, 0.2) is 0 Å². The molecule has 0 amide bonds. The summed E-state index contributed by atoms with van der Waals surface area (Å²) in [6.45, 7) is 5.38. The molecular formula is C13H19FO2.